The van der Waals surface area contributed by atoms with Crippen LogP contribution in [0.15, 0.2) is 69.9 Å². The quantitative estimate of drug-likeness (QED) is 0.582. The van der Waals surface area contributed by atoms with Gasteiger partial charge in [-0.05, 0) is 30.3 Å². The first-order valence-electron chi connectivity index (χ1n) is 7.48. The number of rotatable bonds is 3. The van der Waals surface area contributed by atoms with Gasteiger partial charge in [0.25, 0.3) is 0 Å². The number of nitrogens with one attached hydrogen (secondary N) is 1. The number of aromatic nitrogens is 2. The van der Waals surface area contributed by atoms with E-state index in [-0.39, 0.29) is 0 Å². The summed E-state index contributed by atoms with van der Waals surface area (Å²) in [5.74, 6) is 0.752. The smallest absolute Gasteiger partial charge is 0.345 e. The molecular formula is C19H14N2O3. The average molecular weight is 318 g/mol. The summed E-state index contributed by atoms with van der Waals surface area (Å²) in [4.78, 5) is 12.2. The predicted molar refractivity (Wildman–Crippen MR) is 92.1 cm³/mol. The standard InChI is InChI=1S/C19H14N2O3/c1-23-14-7-4-6-12(9-14)16-11-17(21-20-16)15-10-13-5-2-3-8-18(13)24-19(15)22/h2-11H,1H3,(H,20,21). The van der Waals surface area contributed by atoms with Crippen LogP contribution >= 0.6 is 0 Å². The highest BCUT2D eigenvalue weighted by Crippen LogP contribution is 2.26. The summed E-state index contributed by atoms with van der Waals surface area (Å²) < 4.78 is 10.6. The normalized spacial score (nSPS) is 10.9. The molecule has 0 fully saturated rings. The molecule has 0 bridgehead atoms. The maximum absolute atomic E-state index is 12.2. The van der Waals surface area contributed by atoms with Crippen molar-refractivity contribution in [1.82, 2.24) is 10.2 Å². The zero-order valence-electron chi connectivity index (χ0n) is 12.9. The summed E-state index contributed by atoms with van der Waals surface area (Å²) in [6, 6.07) is 18.6. The van der Waals surface area contributed by atoms with E-state index in [0.717, 1.165) is 22.4 Å². The Morgan fingerprint density at radius 2 is 1.92 bits per heavy atom. The zero-order valence-corrected chi connectivity index (χ0v) is 12.9. The molecule has 4 rings (SSSR count). The lowest BCUT2D eigenvalue weighted by Crippen LogP contribution is -2.02. The van der Waals surface area contributed by atoms with Crippen LogP contribution in [-0.2, 0) is 0 Å². The number of nitrogens with zero attached hydrogens (tertiary/aromatic N) is 1. The Hall–Kier alpha value is -3.34. The Bertz CT molecular complexity index is 1080. The van der Waals surface area contributed by atoms with Gasteiger partial charge in [-0.3, -0.25) is 5.10 Å². The van der Waals surface area contributed by atoms with E-state index in [4.69, 9.17) is 9.15 Å². The first kappa shape index (κ1) is 14.3. The lowest BCUT2D eigenvalue weighted by Gasteiger charge is -2.01. The number of hydrogen-bond donors (Lipinski definition) is 1. The Kier molecular flexibility index (Phi) is 3.39. The number of fused-ring (bicyclic) bond motifs is 1. The van der Waals surface area contributed by atoms with Crippen molar-refractivity contribution in [3.05, 3.63) is 71.1 Å². The molecule has 0 aliphatic carbocycles. The van der Waals surface area contributed by atoms with Crippen molar-refractivity contribution in [2.45, 2.75) is 0 Å². The molecule has 0 aliphatic heterocycles. The van der Waals surface area contributed by atoms with Gasteiger partial charge in [0.1, 0.15) is 11.3 Å². The van der Waals surface area contributed by atoms with Crippen molar-refractivity contribution in [1.29, 1.82) is 0 Å². The molecule has 1 N–H and O–H groups in total. The van der Waals surface area contributed by atoms with E-state index in [2.05, 4.69) is 10.2 Å². The highest BCUT2D eigenvalue weighted by Gasteiger charge is 2.12. The summed E-state index contributed by atoms with van der Waals surface area (Å²) >= 11 is 0. The largest absolute Gasteiger partial charge is 0.497 e. The van der Waals surface area contributed by atoms with Gasteiger partial charge in [0.15, 0.2) is 0 Å². The van der Waals surface area contributed by atoms with Crippen LogP contribution in [0.1, 0.15) is 0 Å². The number of methoxy groups -OCH3 is 1. The third-order valence-corrected chi connectivity index (χ3v) is 3.87. The van der Waals surface area contributed by atoms with Crippen LogP contribution in [0.3, 0.4) is 0 Å². The molecule has 0 atom stereocenters. The molecule has 0 amide bonds. The van der Waals surface area contributed by atoms with Gasteiger partial charge >= 0.3 is 5.63 Å². The van der Waals surface area contributed by atoms with Crippen LogP contribution in [0, 0.1) is 0 Å². The molecule has 0 spiro atoms. The molecule has 24 heavy (non-hydrogen) atoms. The Balaban J connectivity index is 1.80. The van der Waals surface area contributed by atoms with Crippen molar-refractivity contribution in [3.63, 3.8) is 0 Å². The highest BCUT2D eigenvalue weighted by molar-refractivity contribution is 5.81. The van der Waals surface area contributed by atoms with Gasteiger partial charge in [-0.1, -0.05) is 30.3 Å². The fraction of sp³-hybridized carbons (Fsp3) is 0.0526. The topological polar surface area (TPSA) is 68.1 Å². The SMILES string of the molecule is COc1cccc(-c2cc(-c3cc4ccccc4oc3=O)[nH]n2)c1. The number of aromatic amines is 1. The molecule has 0 radical (unpaired) electrons. The summed E-state index contributed by atoms with van der Waals surface area (Å²) in [6.07, 6.45) is 0. The monoisotopic (exact) mass is 318 g/mol. The van der Waals surface area contributed by atoms with Gasteiger partial charge in [-0.25, -0.2) is 4.79 Å². The fourth-order valence-corrected chi connectivity index (χ4v) is 2.64. The number of ether oxygens (including phenoxy) is 1. The summed E-state index contributed by atoms with van der Waals surface area (Å²) in [7, 11) is 1.62. The Morgan fingerprint density at radius 3 is 2.79 bits per heavy atom. The molecule has 0 aliphatic rings. The van der Waals surface area contributed by atoms with E-state index in [1.165, 1.54) is 0 Å². The molecule has 0 unspecified atom stereocenters. The van der Waals surface area contributed by atoms with Crippen LogP contribution in [0.4, 0.5) is 0 Å². The molecule has 4 aromatic rings. The molecule has 2 aromatic heterocycles. The van der Waals surface area contributed by atoms with E-state index in [1.807, 2.05) is 54.6 Å². The lowest BCUT2D eigenvalue weighted by atomic mass is 10.1. The predicted octanol–water partition coefficient (Wildman–Crippen LogP) is 3.86. The fourth-order valence-electron chi connectivity index (χ4n) is 2.64. The molecule has 0 saturated heterocycles. The van der Waals surface area contributed by atoms with Crippen molar-refractivity contribution in [3.8, 4) is 28.3 Å². The second kappa shape index (κ2) is 5.70. The van der Waals surface area contributed by atoms with Crippen LogP contribution in [0.5, 0.6) is 5.75 Å². The summed E-state index contributed by atoms with van der Waals surface area (Å²) in [5, 5.41) is 8.08. The van der Waals surface area contributed by atoms with Crippen molar-refractivity contribution >= 4 is 11.0 Å². The molecule has 5 nitrogen and oxygen atoms in total. The molecule has 2 aromatic carbocycles. The number of hydrogen-bond acceptors (Lipinski definition) is 4. The number of benzene rings is 2. The zero-order chi connectivity index (χ0) is 16.5. The van der Waals surface area contributed by atoms with E-state index in [0.29, 0.717) is 16.8 Å². The second-order valence-electron chi connectivity index (χ2n) is 5.38. The van der Waals surface area contributed by atoms with Gasteiger partial charge in [0.05, 0.1) is 24.1 Å². The molecule has 2 heterocycles. The van der Waals surface area contributed by atoms with Crippen molar-refractivity contribution in [2.24, 2.45) is 0 Å². The lowest BCUT2D eigenvalue weighted by molar-refractivity contribution is 0.415. The van der Waals surface area contributed by atoms with E-state index in [9.17, 15) is 4.79 Å². The third-order valence-electron chi connectivity index (χ3n) is 3.87. The maximum Gasteiger partial charge on any atom is 0.345 e. The van der Waals surface area contributed by atoms with Gasteiger partial charge in [0.2, 0.25) is 0 Å². The maximum atomic E-state index is 12.2. The minimum Gasteiger partial charge on any atom is -0.497 e. The second-order valence-corrected chi connectivity index (χ2v) is 5.38. The Labute approximate surface area is 137 Å². The van der Waals surface area contributed by atoms with Gasteiger partial charge in [0, 0.05) is 10.9 Å². The highest BCUT2D eigenvalue weighted by atomic mass is 16.5. The first-order valence-corrected chi connectivity index (χ1v) is 7.48. The van der Waals surface area contributed by atoms with Gasteiger partial charge < -0.3 is 9.15 Å². The Morgan fingerprint density at radius 1 is 1.04 bits per heavy atom. The molecule has 118 valence electrons. The summed E-state index contributed by atoms with van der Waals surface area (Å²) in [6.45, 7) is 0. The molecule has 0 saturated carbocycles. The van der Waals surface area contributed by atoms with Crippen LogP contribution < -0.4 is 10.4 Å². The van der Waals surface area contributed by atoms with Crippen molar-refractivity contribution < 1.29 is 9.15 Å². The van der Waals surface area contributed by atoms with Crippen LogP contribution in [0.2, 0.25) is 0 Å². The van der Waals surface area contributed by atoms with Crippen LogP contribution in [0.25, 0.3) is 33.5 Å². The molecule has 5 heteroatoms. The van der Waals surface area contributed by atoms with Crippen molar-refractivity contribution in [2.75, 3.05) is 7.11 Å². The molecular weight excluding hydrogens is 304 g/mol. The van der Waals surface area contributed by atoms with Gasteiger partial charge in [-0.15, -0.1) is 0 Å². The minimum absolute atomic E-state index is 0.394. The summed E-state index contributed by atoms with van der Waals surface area (Å²) in [5.41, 5.74) is 2.88. The van der Waals surface area contributed by atoms with E-state index >= 15 is 0 Å². The first-order chi connectivity index (χ1) is 11.7. The minimum atomic E-state index is -0.394. The van der Waals surface area contributed by atoms with E-state index < -0.39 is 5.63 Å². The van der Waals surface area contributed by atoms with E-state index in [1.54, 1.807) is 13.2 Å². The average Bonchev–Trinajstić information content (AvgIpc) is 3.11. The van der Waals surface area contributed by atoms with Gasteiger partial charge in [-0.2, -0.15) is 5.10 Å². The van der Waals surface area contributed by atoms with Crippen LogP contribution in [-0.4, -0.2) is 17.3 Å². The third kappa shape index (κ3) is 2.46. The number of H-pyrrole nitrogens is 1. The number of para-hydroxylation sites is 1.